The zero-order chi connectivity index (χ0) is 34.6. The van der Waals surface area contributed by atoms with Gasteiger partial charge in [-0.25, -0.2) is 12.7 Å². The average Bonchev–Trinajstić information content (AvgIpc) is 3.50. The Labute approximate surface area is 274 Å². The minimum Gasteiger partial charge on any atom is -0.497 e. The number of hydrogen-bond acceptors (Lipinski definition) is 9. The monoisotopic (exact) mass is 697 g/mol. The third-order valence-electron chi connectivity index (χ3n) is 8.14. The predicted molar refractivity (Wildman–Crippen MR) is 164 cm³/mol. The van der Waals surface area contributed by atoms with Crippen LogP contribution in [0.1, 0.15) is 23.1 Å². The third kappa shape index (κ3) is 5.75. The van der Waals surface area contributed by atoms with Crippen LogP contribution in [0.5, 0.6) is 17.2 Å². The van der Waals surface area contributed by atoms with Crippen LogP contribution in [0.15, 0.2) is 59.5 Å². The quantitative estimate of drug-likeness (QED) is 0.371. The highest BCUT2D eigenvalue weighted by Gasteiger charge is 2.64. The molecule has 1 unspecified atom stereocenters. The Kier molecular flexibility index (Phi) is 8.90. The van der Waals surface area contributed by atoms with E-state index in [1.165, 1.54) is 56.3 Å². The Morgan fingerprint density at radius 3 is 2.34 bits per heavy atom. The van der Waals surface area contributed by atoms with Gasteiger partial charge in [0.1, 0.15) is 16.4 Å². The van der Waals surface area contributed by atoms with Gasteiger partial charge in [-0.3, -0.25) is 14.5 Å². The van der Waals surface area contributed by atoms with E-state index in [1.807, 2.05) is 0 Å². The second-order valence-corrected chi connectivity index (χ2v) is 13.5. The van der Waals surface area contributed by atoms with Gasteiger partial charge in [-0.15, -0.1) is 13.2 Å². The summed E-state index contributed by atoms with van der Waals surface area (Å²) in [5.74, 6) is -2.79. The van der Waals surface area contributed by atoms with Gasteiger partial charge in [0.05, 0.1) is 32.1 Å². The molecule has 2 heterocycles. The Hall–Kier alpha value is -4.05. The Bertz CT molecular complexity index is 1860. The van der Waals surface area contributed by atoms with Crippen LogP contribution in [0, 0.1) is 6.92 Å². The van der Waals surface area contributed by atoms with Crippen LogP contribution in [0.4, 0.5) is 18.9 Å². The Balaban J connectivity index is 1.87. The van der Waals surface area contributed by atoms with Crippen molar-refractivity contribution < 1.29 is 50.5 Å². The number of benzene rings is 3. The summed E-state index contributed by atoms with van der Waals surface area (Å²) in [6.45, 7) is 1.46. The first kappa shape index (κ1) is 34.3. The van der Waals surface area contributed by atoms with E-state index in [9.17, 15) is 31.5 Å². The van der Waals surface area contributed by atoms with Crippen LogP contribution in [0.25, 0.3) is 0 Å². The van der Waals surface area contributed by atoms with Crippen molar-refractivity contribution in [2.75, 3.05) is 39.2 Å². The molecule has 0 bridgehead atoms. The molecule has 1 N–H and O–H groups in total. The lowest BCUT2D eigenvalue weighted by atomic mass is 9.80. The van der Waals surface area contributed by atoms with Crippen molar-refractivity contribution in [1.29, 1.82) is 0 Å². The normalized spacial score (nSPS) is 21.5. The molecule has 1 saturated heterocycles. The molecule has 47 heavy (non-hydrogen) atoms. The van der Waals surface area contributed by atoms with Crippen molar-refractivity contribution >= 4 is 39.1 Å². The Morgan fingerprint density at radius 1 is 1.02 bits per heavy atom. The number of sulfonamides is 1. The van der Waals surface area contributed by atoms with Gasteiger partial charge >= 0.3 is 6.36 Å². The molecule has 2 aliphatic heterocycles. The van der Waals surface area contributed by atoms with Crippen molar-refractivity contribution in [2.45, 2.75) is 42.3 Å². The number of nitrogens with zero attached hydrogens (tertiary/aromatic N) is 3. The fraction of sp³-hybridized carbons (Fsp3) is 0.355. The molecule has 2 aliphatic rings. The molecule has 3 aromatic carbocycles. The first-order valence-corrected chi connectivity index (χ1v) is 15.9. The standard InChI is InChI=1S/C31H31ClF3N3O8S/c1-17-6-10-25(45-5)22(12-17)30(37-16-19(39)14-24(37)28(40)36(2)3)21-13-18(32)7-9-23(21)38(29(30)41)47(42,43)27-11-8-20(44-4)15-26(27)46-31(33,34)35/h6-13,15,19,24,39H,14,16H2,1-5H3/t19-,24-,30?/m1/s1. The van der Waals surface area contributed by atoms with E-state index in [4.69, 9.17) is 21.1 Å². The summed E-state index contributed by atoms with van der Waals surface area (Å²) in [4.78, 5) is 30.6. The highest BCUT2D eigenvalue weighted by molar-refractivity contribution is 7.93. The number of aliphatic hydroxyl groups excluding tert-OH is 1. The van der Waals surface area contributed by atoms with Gasteiger partial charge in [0.25, 0.3) is 15.9 Å². The van der Waals surface area contributed by atoms with E-state index in [0.717, 1.165) is 18.2 Å². The summed E-state index contributed by atoms with van der Waals surface area (Å²) in [5, 5.41) is 11.0. The molecular weight excluding hydrogens is 667 g/mol. The molecule has 0 saturated carbocycles. The van der Waals surface area contributed by atoms with Gasteiger partial charge in [0, 0.05) is 42.9 Å². The molecule has 0 radical (unpaired) electrons. The number of aliphatic hydroxyl groups is 1. The predicted octanol–water partition coefficient (Wildman–Crippen LogP) is 4.07. The smallest absolute Gasteiger partial charge is 0.497 e. The largest absolute Gasteiger partial charge is 0.573 e. The fourth-order valence-corrected chi connectivity index (χ4v) is 7.96. The number of anilines is 1. The van der Waals surface area contributed by atoms with Crippen LogP contribution >= 0.6 is 11.6 Å². The topological polar surface area (TPSA) is 126 Å². The summed E-state index contributed by atoms with van der Waals surface area (Å²) in [6, 6.07) is 10.3. The number of amides is 2. The van der Waals surface area contributed by atoms with Gasteiger partial charge in [0.2, 0.25) is 5.91 Å². The van der Waals surface area contributed by atoms with Gasteiger partial charge in [-0.1, -0.05) is 23.2 Å². The molecule has 0 spiro atoms. The lowest BCUT2D eigenvalue weighted by Crippen LogP contribution is -2.59. The summed E-state index contributed by atoms with van der Waals surface area (Å²) < 4.78 is 84.9. The SMILES string of the molecule is COc1ccc(S(=O)(=O)N2C(=O)C(c3cc(C)ccc3OC)(N3C[C@H](O)C[C@@H]3C(=O)N(C)C)c3cc(Cl)ccc32)c(OC(F)(F)F)c1. The minimum atomic E-state index is -5.30. The lowest BCUT2D eigenvalue weighted by molar-refractivity contribution is -0.275. The minimum absolute atomic E-state index is 0.0000625. The maximum Gasteiger partial charge on any atom is 0.573 e. The number of halogens is 4. The maximum atomic E-state index is 15.3. The van der Waals surface area contributed by atoms with E-state index >= 15 is 4.79 Å². The number of rotatable bonds is 8. The van der Waals surface area contributed by atoms with Gasteiger partial charge < -0.3 is 24.2 Å². The van der Waals surface area contributed by atoms with E-state index in [-0.39, 0.29) is 46.3 Å². The molecule has 3 atom stereocenters. The van der Waals surface area contributed by atoms with E-state index in [1.54, 1.807) is 25.1 Å². The van der Waals surface area contributed by atoms with Crippen molar-refractivity contribution in [3.63, 3.8) is 0 Å². The van der Waals surface area contributed by atoms with Crippen molar-refractivity contribution in [2.24, 2.45) is 0 Å². The number of methoxy groups -OCH3 is 2. The second kappa shape index (κ2) is 12.2. The molecule has 3 aromatic rings. The van der Waals surface area contributed by atoms with Crippen LogP contribution < -0.4 is 18.5 Å². The number of ether oxygens (including phenoxy) is 3. The average molecular weight is 698 g/mol. The zero-order valence-electron chi connectivity index (χ0n) is 25.8. The number of fused-ring (bicyclic) bond motifs is 1. The molecule has 2 amide bonds. The van der Waals surface area contributed by atoms with Gasteiger partial charge in [0.15, 0.2) is 11.3 Å². The lowest BCUT2D eigenvalue weighted by Gasteiger charge is -2.42. The zero-order valence-corrected chi connectivity index (χ0v) is 27.4. The van der Waals surface area contributed by atoms with Crippen molar-refractivity contribution in [3.05, 3.63) is 76.3 Å². The summed E-state index contributed by atoms with van der Waals surface area (Å²) in [6.07, 6.45) is -6.53. The van der Waals surface area contributed by atoms with Crippen molar-refractivity contribution in [3.8, 4) is 17.2 Å². The van der Waals surface area contributed by atoms with Crippen LogP contribution in [0.3, 0.4) is 0 Å². The molecule has 16 heteroatoms. The number of likely N-dealkylation sites (N-methyl/N-ethyl adjacent to an activating group) is 1. The van der Waals surface area contributed by atoms with E-state index < -0.39 is 56.5 Å². The fourth-order valence-electron chi connectivity index (χ4n) is 6.23. The first-order chi connectivity index (χ1) is 22.0. The number of β-amino-alcohol motifs (C(OH)–C–C–N with tert-alkyl or cyclic N) is 1. The highest BCUT2D eigenvalue weighted by Crippen LogP contribution is 2.55. The molecular formula is C31H31ClF3N3O8S. The maximum absolute atomic E-state index is 15.3. The summed E-state index contributed by atoms with van der Waals surface area (Å²) >= 11 is 6.47. The number of aryl methyl sites for hydroxylation is 1. The Morgan fingerprint density at radius 2 is 1.72 bits per heavy atom. The molecule has 0 aliphatic carbocycles. The van der Waals surface area contributed by atoms with Crippen molar-refractivity contribution in [1.82, 2.24) is 9.80 Å². The molecule has 1 fully saturated rings. The van der Waals surface area contributed by atoms with Gasteiger partial charge in [-0.05, 0) is 55.8 Å². The second-order valence-electron chi connectivity index (χ2n) is 11.3. The third-order valence-corrected chi connectivity index (χ3v) is 10.1. The molecule has 11 nitrogen and oxygen atoms in total. The first-order valence-electron chi connectivity index (χ1n) is 14.1. The highest BCUT2D eigenvalue weighted by atomic mass is 35.5. The number of carbonyl (C=O) groups excluding carboxylic acids is 2. The van der Waals surface area contributed by atoms with E-state index in [0.29, 0.717) is 9.87 Å². The number of carbonyl (C=O) groups is 2. The van der Waals surface area contributed by atoms with E-state index in [2.05, 4.69) is 4.74 Å². The van der Waals surface area contributed by atoms with Crippen LogP contribution in [-0.2, 0) is 25.2 Å². The molecule has 0 aromatic heterocycles. The number of alkyl halides is 3. The van der Waals surface area contributed by atoms with Gasteiger partial charge in [-0.2, -0.15) is 0 Å². The molecule has 252 valence electrons. The van der Waals surface area contributed by atoms with Crippen LogP contribution in [-0.4, -0.2) is 88.5 Å². The summed E-state index contributed by atoms with van der Waals surface area (Å²) in [7, 11) is 0.289. The summed E-state index contributed by atoms with van der Waals surface area (Å²) in [5.41, 5.74) is -1.67. The number of hydrogen-bond donors (Lipinski definition) is 1. The van der Waals surface area contributed by atoms with Crippen LogP contribution in [0.2, 0.25) is 5.02 Å². The molecule has 5 rings (SSSR count). The number of likely N-dealkylation sites (tertiary alicyclic amines) is 1.